The lowest BCUT2D eigenvalue weighted by Crippen LogP contribution is -1.99. The fourth-order valence-electron chi connectivity index (χ4n) is 3.14. The average Bonchev–Trinajstić information content (AvgIpc) is 3.12. The second kappa shape index (κ2) is 9.31. The molecule has 0 aliphatic carbocycles. The summed E-state index contributed by atoms with van der Waals surface area (Å²) in [5, 5.41) is 0. The Hall–Kier alpha value is -2.69. The summed E-state index contributed by atoms with van der Waals surface area (Å²) in [7, 11) is 3.26. The van der Waals surface area contributed by atoms with Crippen molar-refractivity contribution in [3.05, 3.63) is 36.4 Å². The van der Waals surface area contributed by atoms with Crippen molar-refractivity contribution in [3.63, 3.8) is 0 Å². The number of nitrogens with zero attached hydrogens (tertiary/aromatic N) is 1. The van der Waals surface area contributed by atoms with Crippen molar-refractivity contribution >= 4 is 11.0 Å². The molecule has 1 aromatic heterocycles. The highest BCUT2D eigenvalue weighted by Gasteiger charge is 2.13. The zero-order chi connectivity index (χ0) is 19.1. The van der Waals surface area contributed by atoms with E-state index in [0.29, 0.717) is 11.5 Å². The summed E-state index contributed by atoms with van der Waals surface area (Å²) in [4.78, 5) is 8.10. The third-order valence-electron chi connectivity index (χ3n) is 4.63. The first-order chi connectivity index (χ1) is 13.3. The molecular weight excluding hydrogens is 340 g/mol. The molecule has 0 aliphatic rings. The van der Waals surface area contributed by atoms with Crippen LogP contribution in [-0.4, -0.2) is 30.8 Å². The molecule has 3 aromatic rings. The predicted molar refractivity (Wildman–Crippen MR) is 109 cm³/mol. The number of methoxy groups -OCH3 is 2. The van der Waals surface area contributed by atoms with Crippen molar-refractivity contribution in [2.75, 3.05) is 20.8 Å². The fraction of sp³-hybridized carbons (Fsp3) is 0.409. The highest BCUT2D eigenvalue weighted by molar-refractivity contribution is 5.84. The molecule has 5 nitrogen and oxygen atoms in total. The highest BCUT2D eigenvalue weighted by atomic mass is 16.5. The number of unbranched alkanes of at least 4 members (excludes halogenated alkanes) is 4. The Balaban J connectivity index is 1.80. The largest absolute Gasteiger partial charge is 0.493 e. The minimum Gasteiger partial charge on any atom is -0.493 e. The Morgan fingerprint density at radius 2 is 1.63 bits per heavy atom. The minimum absolute atomic E-state index is 0.666. The van der Waals surface area contributed by atoms with Crippen molar-refractivity contribution in [2.45, 2.75) is 39.0 Å². The molecule has 0 saturated heterocycles. The van der Waals surface area contributed by atoms with Crippen LogP contribution in [0.1, 0.15) is 39.0 Å². The zero-order valence-electron chi connectivity index (χ0n) is 16.4. The number of H-pyrrole nitrogens is 1. The number of hydrogen-bond acceptors (Lipinski definition) is 4. The molecule has 0 atom stereocenters. The van der Waals surface area contributed by atoms with Gasteiger partial charge in [0.05, 0.1) is 37.4 Å². The van der Waals surface area contributed by atoms with Crippen molar-refractivity contribution in [2.24, 2.45) is 0 Å². The number of imidazole rings is 1. The van der Waals surface area contributed by atoms with Crippen LogP contribution in [0.15, 0.2) is 36.4 Å². The van der Waals surface area contributed by atoms with Crippen LogP contribution in [0, 0.1) is 0 Å². The maximum Gasteiger partial charge on any atom is 0.163 e. The standard InChI is InChI=1S/C22H28N2O3/c1-4-5-6-7-10-13-27-19-12-9-8-11-16(19)22-23-17-14-20(25-2)21(26-3)15-18(17)24-22/h8-9,11-12,14-15H,4-7,10,13H2,1-3H3,(H,23,24). The Labute approximate surface area is 160 Å². The summed E-state index contributed by atoms with van der Waals surface area (Å²) in [5.74, 6) is 2.98. The number of ether oxygens (including phenoxy) is 3. The van der Waals surface area contributed by atoms with Gasteiger partial charge in [-0.1, -0.05) is 44.7 Å². The van der Waals surface area contributed by atoms with E-state index in [-0.39, 0.29) is 0 Å². The van der Waals surface area contributed by atoms with E-state index in [4.69, 9.17) is 19.2 Å². The monoisotopic (exact) mass is 368 g/mol. The molecule has 1 heterocycles. The van der Waals surface area contributed by atoms with E-state index in [0.717, 1.165) is 41.2 Å². The summed E-state index contributed by atoms with van der Waals surface area (Å²) in [6, 6.07) is 11.8. The molecule has 0 amide bonds. The Kier molecular flexibility index (Phi) is 6.58. The SMILES string of the molecule is CCCCCCCOc1ccccc1-c1nc2cc(OC)c(OC)cc2[nH]1. The van der Waals surface area contributed by atoms with Crippen LogP contribution in [0.2, 0.25) is 0 Å². The van der Waals surface area contributed by atoms with Crippen LogP contribution in [0.5, 0.6) is 17.2 Å². The van der Waals surface area contributed by atoms with Crippen molar-refractivity contribution in [1.29, 1.82) is 0 Å². The van der Waals surface area contributed by atoms with Crippen molar-refractivity contribution < 1.29 is 14.2 Å². The van der Waals surface area contributed by atoms with Gasteiger partial charge in [0.15, 0.2) is 11.5 Å². The average molecular weight is 368 g/mol. The first kappa shape index (κ1) is 19.1. The second-order valence-electron chi connectivity index (χ2n) is 6.57. The van der Waals surface area contributed by atoms with E-state index in [1.54, 1.807) is 14.2 Å². The molecule has 27 heavy (non-hydrogen) atoms. The summed E-state index contributed by atoms with van der Waals surface area (Å²) >= 11 is 0. The minimum atomic E-state index is 0.666. The van der Waals surface area contributed by atoms with Crippen LogP contribution in [0.4, 0.5) is 0 Å². The van der Waals surface area contributed by atoms with E-state index in [9.17, 15) is 0 Å². The summed E-state index contributed by atoms with van der Waals surface area (Å²) in [6.45, 7) is 2.95. The lowest BCUT2D eigenvalue weighted by Gasteiger charge is -2.09. The molecule has 0 spiro atoms. The molecule has 3 rings (SSSR count). The lowest BCUT2D eigenvalue weighted by atomic mass is 10.1. The zero-order valence-corrected chi connectivity index (χ0v) is 16.4. The molecule has 0 radical (unpaired) electrons. The molecular formula is C22H28N2O3. The van der Waals surface area contributed by atoms with Gasteiger partial charge in [0.25, 0.3) is 0 Å². The normalized spacial score (nSPS) is 10.9. The number of hydrogen-bond donors (Lipinski definition) is 1. The molecule has 144 valence electrons. The van der Waals surface area contributed by atoms with Crippen LogP contribution >= 0.6 is 0 Å². The Morgan fingerprint density at radius 1 is 0.889 bits per heavy atom. The number of aromatic amines is 1. The van der Waals surface area contributed by atoms with Gasteiger partial charge in [-0.05, 0) is 18.6 Å². The molecule has 2 aromatic carbocycles. The summed E-state index contributed by atoms with van der Waals surface area (Å²) in [5.41, 5.74) is 2.69. The van der Waals surface area contributed by atoms with Crippen LogP contribution in [0.25, 0.3) is 22.4 Å². The van der Waals surface area contributed by atoms with Gasteiger partial charge in [0.2, 0.25) is 0 Å². The van der Waals surface area contributed by atoms with Gasteiger partial charge in [-0.25, -0.2) is 4.98 Å². The van der Waals surface area contributed by atoms with Gasteiger partial charge in [0, 0.05) is 12.1 Å². The van der Waals surface area contributed by atoms with E-state index < -0.39 is 0 Å². The number of aromatic nitrogens is 2. The fourth-order valence-corrected chi connectivity index (χ4v) is 3.14. The number of para-hydroxylation sites is 1. The number of fused-ring (bicyclic) bond motifs is 1. The molecule has 0 bridgehead atoms. The van der Waals surface area contributed by atoms with Crippen molar-refractivity contribution in [3.8, 4) is 28.6 Å². The Morgan fingerprint density at radius 3 is 2.41 bits per heavy atom. The topological polar surface area (TPSA) is 56.4 Å². The van der Waals surface area contributed by atoms with E-state index in [1.807, 2.05) is 36.4 Å². The predicted octanol–water partition coefficient (Wildman–Crippen LogP) is 5.60. The third-order valence-corrected chi connectivity index (χ3v) is 4.63. The first-order valence-electron chi connectivity index (χ1n) is 9.60. The quantitative estimate of drug-likeness (QED) is 0.474. The maximum absolute atomic E-state index is 6.05. The van der Waals surface area contributed by atoms with Crippen LogP contribution in [-0.2, 0) is 0 Å². The van der Waals surface area contributed by atoms with Gasteiger partial charge >= 0.3 is 0 Å². The number of nitrogens with one attached hydrogen (secondary N) is 1. The maximum atomic E-state index is 6.05. The second-order valence-corrected chi connectivity index (χ2v) is 6.57. The van der Waals surface area contributed by atoms with Gasteiger partial charge in [-0.15, -0.1) is 0 Å². The summed E-state index contributed by atoms with van der Waals surface area (Å²) in [6.07, 6.45) is 6.10. The highest BCUT2D eigenvalue weighted by Crippen LogP contribution is 2.34. The van der Waals surface area contributed by atoms with Gasteiger partial charge in [-0.2, -0.15) is 0 Å². The molecule has 1 N–H and O–H groups in total. The summed E-state index contributed by atoms with van der Waals surface area (Å²) < 4.78 is 16.8. The van der Waals surface area contributed by atoms with Gasteiger partial charge in [-0.3, -0.25) is 0 Å². The van der Waals surface area contributed by atoms with Gasteiger partial charge in [0.1, 0.15) is 11.6 Å². The van der Waals surface area contributed by atoms with E-state index in [2.05, 4.69) is 11.9 Å². The molecule has 0 saturated carbocycles. The Bertz CT molecular complexity index is 832. The van der Waals surface area contributed by atoms with Crippen molar-refractivity contribution in [1.82, 2.24) is 9.97 Å². The lowest BCUT2D eigenvalue weighted by molar-refractivity contribution is 0.305. The first-order valence-corrected chi connectivity index (χ1v) is 9.60. The van der Waals surface area contributed by atoms with Crippen LogP contribution in [0.3, 0.4) is 0 Å². The number of benzene rings is 2. The van der Waals surface area contributed by atoms with Gasteiger partial charge < -0.3 is 19.2 Å². The third kappa shape index (κ3) is 4.54. The molecule has 0 fully saturated rings. The smallest absolute Gasteiger partial charge is 0.163 e. The van der Waals surface area contributed by atoms with E-state index >= 15 is 0 Å². The van der Waals surface area contributed by atoms with E-state index in [1.165, 1.54) is 25.7 Å². The molecule has 0 unspecified atom stereocenters. The number of rotatable bonds is 10. The molecule has 5 heteroatoms. The van der Waals surface area contributed by atoms with Crippen LogP contribution < -0.4 is 14.2 Å². The molecule has 0 aliphatic heterocycles.